The van der Waals surface area contributed by atoms with Crippen LogP contribution >= 0.6 is 11.8 Å². The Bertz CT molecular complexity index is 359. The molecular formula is C10H16N4OS. The van der Waals surface area contributed by atoms with Gasteiger partial charge in [-0.25, -0.2) is 0 Å². The summed E-state index contributed by atoms with van der Waals surface area (Å²) in [7, 11) is 0. The van der Waals surface area contributed by atoms with Crippen LogP contribution in [-0.2, 0) is 0 Å². The Hall–Kier alpha value is -1.17. The van der Waals surface area contributed by atoms with E-state index in [1.807, 2.05) is 11.8 Å². The zero-order valence-electron chi connectivity index (χ0n) is 9.03. The van der Waals surface area contributed by atoms with Gasteiger partial charge in [0.2, 0.25) is 0 Å². The molecule has 0 bridgehead atoms. The van der Waals surface area contributed by atoms with Crippen LogP contribution in [0.2, 0.25) is 0 Å². The molecule has 1 aromatic heterocycles. The summed E-state index contributed by atoms with van der Waals surface area (Å²) in [6, 6.07) is 0. The number of nitrogens with zero attached hydrogens (tertiary/aromatic N) is 1. The Morgan fingerprint density at radius 2 is 2.38 bits per heavy atom. The summed E-state index contributed by atoms with van der Waals surface area (Å²) >= 11 is 1.98. The molecule has 1 aliphatic heterocycles. The molecule has 1 saturated heterocycles. The Kier molecular flexibility index (Phi) is 3.71. The third kappa shape index (κ3) is 2.69. The van der Waals surface area contributed by atoms with Crippen molar-refractivity contribution in [3.63, 3.8) is 0 Å². The number of amides is 1. The minimum atomic E-state index is -0.159. The smallest absolute Gasteiger partial charge is 0.271 e. The maximum atomic E-state index is 11.7. The molecule has 1 amide bonds. The van der Waals surface area contributed by atoms with E-state index in [1.54, 1.807) is 0 Å². The first-order chi connectivity index (χ1) is 7.77. The van der Waals surface area contributed by atoms with Crippen LogP contribution in [0.15, 0.2) is 6.20 Å². The predicted octanol–water partition coefficient (Wildman–Crippen LogP) is 0.865. The van der Waals surface area contributed by atoms with E-state index < -0.39 is 0 Å². The molecule has 1 fully saturated rings. The molecule has 4 N–H and O–H groups in total. The van der Waals surface area contributed by atoms with E-state index in [0.29, 0.717) is 17.3 Å². The molecule has 0 aliphatic carbocycles. The lowest BCUT2D eigenvalue weighted by Gasteiger charge is -2.21. The Morgan fingerprint density at radius 3 is 3.00 bits per heavy atom. The summed E-state index contributed by atoms with van der Waals surface area (Å²) in [6.45, 7) is 0.734. The lowest BCUT2D eigenvalue weighted by molar-refractivity contribution is 0.0942. The van der Waals surface area contributed by atoms with Crippen molar-refractivity contribution < 1.29 is 4.79 Å². The number of rotatable bonds is 3. The number of nitrogen functional groups attached to an aromatic ring is 1. The highest BCUT2D eigenvalue weighted by Crippen LogP contribution is 2.21. The van der Waals surface area contributed by atoms with Crippen molar-refractivity contribution in [3.8, 4) is 0 Å². The maximum absolute atomic E-state index is 11.7. The highest BCUT2D eigenvalue weighted by molar-refractivity contribution is 7.99. The summed E-state index contributed by atoms with van der Waals surface area (Å²) < 4.78 is 0. The van der Waals surface area contributed by atoms with Gasteiger partial charge in [0.05, 0.1) is 11.9 Å². The van der Waals surface area contributed by atoms with Crippen LogP contribution in [0.1, 0.15) is 23.3 Å². The van der Waals surface area contributed by atoms with Crippen LogP contribution < -0.4 is 11.1 Å². The standard InChI is InChI=1S/C10H16N4OS/c11-8-6-13-14-9(8)10(15)12-5-7-1-3-16-4-2-7/h6-7H,1-5,11H2,(H,12,15)(H,13,14). The highest BCUT2D eigenvalue weighted by atomic mass is 32.2. The fourth-order valence-corrected chi connectivity index (χ4v) is 2.96. The second-order valence-electron chi connectivity index (χ2n) is 3.97. The topological polar surface area (TPSA) is 83.8 Å². The molecule has 2 rings (SSSR count). The van der Waals surface area contributed by atoms with Gasteiger partial charge in [0.15, 0.2) is 0 Å². The first kappa shape index (κ1) is 11.3. The Morgan fingerprint density at radius 1 is 1.62 bits per heavy atom. The number of anilines is 1. The second kappa shape index (κ2) is 5.25. The van der Waals surface area contributed by atoms with Crippen LogP contribution in [0.3, 0.4) is 0 Å². The molecule has 1 aromatic rings. The quantitative estimate of drug-likeness (QED) is 0.732. The van der Waals surface area contributed by atoms with Crippen LogP contribution in [0.4, 0.5) is 5.69 Å². The molecular weight excluding hydrogens is 224 g/mol. The zero-order valence-corrected chi connectivity index (χ0v) is 9.85. The minimum Gasteiger partial charge on any atom is -0.396 e. The number of hydrogen-bond donors (Lipinski definition) is 3. The molecule has 0 aromatic carbocycles. The van der Waals surface area contributed by atoms with E-state index in [-0.39, 0.29) is 5.91 Å². The third-order valence-corrected chi connectivity index (χ3v) is 3.84. The van der Waals surface area contributed by atoms with Gasteiger partial charge in [0.1, 0.15) is 5.69 Å². The Balaban J connectivity index is 1.81. The van der Waals surface area contributed by atoms with E-state index in [2.05, 4.69) is 15.5 Å². The number of carbonyl (C=O) groups excluding carboxylic acids is 1. The fraction of sp³-hybridized carbons (Fsp3) is 0.600. The minimum absolute atomic E-state index is 0.159. The highest BCUT2D eigenvalue weighted by Gasteiger charge is 2.16. The number of nitrogens with two attached hydrogens (primary N) is 1. The number of H-pyrrole nitrogens is 1. The van der Waals surface area contributed by atoms with Crippen molar-refractivity contribution in [2.45, 2.75) is 12.8 Å². The second-order valence-corrected chi connectivity index (χ2v) is 5.19. The van der Waals surface area contributed by atoms with Gasteiger partial charge in [-0.1, -0.05) is 0 Å². The number of aromatic amines is 1. The molecule has 0 unspecified atom stereocenters. The van der Waals surface area contributed by atoms with Crippen LogP contribution in [0.25, 0.3) is 0 Å². The van der Waals surface area contributed by atoms with E-state index in [4.69, 9.17) is 5.73 Å². The van der Waals surface area contributed by atoms with Gasteiger partial charge in [-0.2, -0.15) is 16.9 Å². The summed E-state index contributed by atoms with van der Waals surface area (Å²) in [4.78, 5) is 11.7. The van der Waals surface area contributed by atoms with Gasteiger partial charge in [0, 0.05) is 6.54 Å². The number of aromatic nitrogens is 2. The van der Waals surface area contributed by atoms with Crippen molar-refractivity contribution in [3.05, 3.63) is 11.9 Å². The number of nitrogens with one attached hydrogen (secondary N) is 2. The van der Waals surface area contributed by atoms with Crippen LogP contribution in [-0.4, -0.2) is 34.2 Å². The molecule has 5 nitrogen and oxygen atoms in total. The summed E-state index contributed by atoms with van der Waals surface area (Å²) in [6.07, 6.45) is 3.82. The normalized spacial score (nSPS) is 17.2. The van der Waals surface area contributed by atoms with Crippen molar-refractivity contribution in [2.24, 2.45) is 5.92 Å². The molecule has 88 valence electrons. The largest absolute Gasteiger partial charge is 0.396 e. The van der Waals surface area contributed by atoms with E-state index in [0.717, 1.165) is 6.54 Å². The molecule has 1 aliphatic rings. The van der Waals surface area contributed by atoms with Gasteiger partial charge < -0.3 is 11.1 Å². The molecule has 2 heterocycles. The fourth-order valence-electron chi connectivity index (χ4n) is 1.75. The average molecular weight is 240 g/mol. The molecule has 6 heteroatoms. The van der Waals surface area contributed by atoms with Gasteiger partial charge in [-0.15, -0.1) is 0 Å². The lowest BCUT2D eigenvalue weighted by atomic mass is 10.0. The van der Waals surface area contributed by atoms with Crippen molar-refractivity contribution in [2.75, 3.05) is 23.8 Å². The van der Waals surface area contributed by atoms with E-state index in [9.17, 15) is 4.79 Å². The Labute approximate surface area is 98.6 Å². The van der Waals surface area contributed by atoms with Gasteiger partial charge >= 0.3 is 0 Å². The molecule has 0 saturated carbocycles. The maximum Gasteiger partial charge on any atom is 0.271 e. The molecule has 16 heavy (non-hydrogen) atoms. The number of carbonyl (C=O) groups is 1. The summed E-state index contributed by atoms with van der Waals surface area (Å²) in [5.74, 6) is 2.85. The first-order valence-corrected chi connectivity index (χ1v) is 6.57. The molecule has 0 atom stereocenters. The summed E-state index contributed by atoms with van der Waals surface area (Å²) in [5.41, 5.74) is 6.36. The zero-order chi connectivity index (χ0) is 11.4. The first-order valence-electron chi connectivity index (χ1n) is 5.42. The lowest BCUT2D eigenvalue weighted by Crippen LogP contribution is -2.31. The molecule has 0 spiro atoms. The predicted molar refractivity (Wildman–Crippen MR) is 65.4 cm³/mol. The number of hydrogen-bond acceptors (Lipinski definition) is 4. The summed E-state index contributed by atoms with van der Waals surface area (Å²) in [5, 5.41) is 9.22. The van der Waals surface area contributed by atoms with Crippen molar-refractivity contribution in [1.82, 2.24) is 15.5 Å². The van der Waals surface area contributed by atoms with E-state index in [1.165, 1.54) is 30.5 Å². The van der Waals surface area contributed by atoms with Crippen molar-refractivity contribution >= 4 is 23.4 Å². The van der Waals surface area contributed by atoms with E-state index >= 15 is 0 Å². The monoisotopic (exact) mass is 240 g/mol. The van der Waals surface area contributed by atoms with Crippen molar-refractivity contribution in [1.29, 1.82) is 0 Å². The number of thioether (sulfide) groups is 1. The van der Waals surface area contributed by atoms with Gasteiger partial charge in [-0.05, 0) is 30.3 Å². The average Bonchev–Trinajstić information content (AvgIpc) is 2.74. The van der Waals surface area contributed by atoms with Crippen LogP contribution in [0.5, 0.6) is 0 Å². The van der Waals surface area contributed by atoms with Crippen LogP contribution in [0, 0.1) is 5.92 Å². The van der Waals surface area contributed by atoms with Gasteiger partial charge in [0.25, 0.3) is 5.91 Å². The SMILES string of the molecule is Nc1cn[nH]c1C(=O)NCC1CCSCC1. The molecule has 0 radical (unpaired) electrons. The van der Waals surface area contributed by atoms with Gasteiger partial charge in [-0.3, -0.25) is 9.89 Å². The third-order valence-electron chi connectivity index (χ3n) is 2.79.